The van der Waals surface area contributed by atoms with Crippen LogP contribution in [0.1, 0.15) is 17.5 Å². The lowest BCUT2D eigenvalue weighted by Gasteiger charge is -2.11. The lowest BCUT2D eigenvalue weighted by atomic mass is 10.2. The van der Waals surface area contributed by atoms with E-state index in [4.69, 9.17) is 33.0 Å². The summed E-state index contributed by atoms with van der Waals surface area (Å²) in [4.78, 5) is 12.2. The molecule has 1 heterocycles. The molecule has 144 valence electrons. The number of halogens is 1. The molecule has 0 fully saturated rings. The van der Waals surface area contributed by atoms with E-state index in [0.29, 0.717) is 23.0 Å². The molecule has 0 aliphatic carbocycles. The van der Waals surface area contributed by atoms with Crippen LogP contribution in [0.3, 0.4) is 0 Å². The number of hydrazine groups is 1. The Kier molecular flexibility index (Phi) is 6.52. The summed E-state index contributed by atoms with van der Waals surface area (Å²) in [7, 11) is 0. The summed E-state index contributed by atoms with van der Waals surface area (Å²) in [6.45, 7) is 2.52. The van der Waals surface area contributed by atoms with Crippen molar-refractivity contribution in [1.29, 1.82) is 0 Å². The number of furan rings is 1. The Labute approximate surface area is 172 Å². The highest BCUT2D eigenvalue weighted by atomic mass is 35.5. The molecule has 3 rings (SSSR count). The van der Waals surface area contributed by atoms with E-state index in [1.54, 1.807) is 18.2 Å². The monoisotopic (exact) mass is 415 g/mol. The van der Waals surface area contributed by atoms with Crippen molar-refractivity contribution in [1.82, 2.24) is 10.9 Å². The number of carbonyl (C=O) groups is 1. The Bertz CT molecular complexity index is 973. The van der Waals surface area contributed by atoms with Crippen LogP contribution in [0.4, 0.5) is 5.69 Å². The fourth-order valence-corrected chi connectivity index (χ4v) is 2.80. The Morgan fingerprint density at radius 3 is 2.54 bits per heavy atom. The molecule has 0 atom stereocenters. The average molecular weight is 416 g/mol. The fraction of sp³-hybridized carbons (Fsp3) is 0.100. The minimum atomic E-state index is -0.464. The second kappa shape index (κ2) is 9.25. The van der Waals surface area contributed by atoms with Crippen molar-refractivity contribution in [2.45, 2.75) is 6.92 Å². The van der Waals surface area contributed by atoms with Crippen molar-refractivity contribution in [2.24, 2.45) is 0 Å². The van der Waals surface area contributed by atoms with Gasteiger partial charge < -0.3 is 14.5 Å². The second-order valence-electron chi connectivity index (χ2n) is 5.63. The van der Waals surface area contributed by atoms with Gasteiger partial charge >= 0.3 is 5.91 Å². The first kappa shape index (κ1) is 19.7. The molecule has 0 bridgehead atoms. The van der Waals surface area contributed by atoms with Crippen LogP contribution < -0.4 is 20.9 Å². The molecule has 3 aromatic rings. The first-order chi connectivity index (χ1) is 13.6. The number of benzene rings is 2. The third-order valence-electron chi connectivity index (χ3n) is 3.68. The third kappa shape index (κ3) is 5.03. The highest BCUT2D eigenvalue weighted by molar-refractivity contribution is 7.80. The maximum atomic E-state index is 12.2. The number of hydrogen-bond acceptors (Lipinski definition) is 4. The molecule has 6 nitrogen and oxygen atoms in total. The Morgan fingerprint density at radius 1 is 1.07 bits per heavy atom. The van der Waals surface area contributed by atoms with E-state index in [9.17, 15) is 4.79 Å². The summed E-state index contributed by atoms with van der Waals surface area (Å²) in [5.74, 6) is 0.943. The zero-order valence-electron chi connectivity index (χ0n) is 15.0. The van der Waals surface area contributed by atoms with Gasteiger partial charge in [-0.05, 0) is 67.7 Å². The number of thiocarbonyl (C=S) groups is 1. The number of carbonyl (C=O) groups excluding carboxylic acids is 1. The molecule has 0 unspecified atom stereocenters. The van der Waals surface area contributed by atoms with Gasteiger partial charge in [-0.3, -0.25) is 15.6 Å². The highest BCUT2D eigenvalue weighted by Crippen LogP contribution is 2.28. The second-order valence-corrected chi connectivity index (χ2v) is 6.45. The van der Waals surface area contributed by atoms with Gasteiger partial charge in [-0.15, -0.1) is 0 Å². The van der Waals surface area contributed by atoms with Gasteiger partial charge in [0.2, 0.25) is 0 Å². The number of ether oxygens (including phenoxy) is 1. The molecule has 0 spiro atoms. The van der Waals surface area contributed by atoms with E-state index in [0.717, 1.165) is 11.4 Å². The summed E-state index contributed by atoms with van der Waals surface area (Å²) in [5.41, 5.74) is 6.59. The average Bonchev–Trinajstić information content (AvgIpc) is 3.18. The Hall–Kier alpha value is -3.03. The number of nitrogens with one attached hydrogen (secondary N) is 3. The molecule has 0 saturated heterocycles. The molecule has 3 N–H and O–H groups in total. The van der Waals surface area contributed by atoms with Crippen LogP contribution >= 0.6 is 23.8 Å². The highest BCUT2D eigenvalue weighted by Gasteiger charge is 2.14. The lowest BCUT2D eigenvalue weighted by Crippen LogP contribution is -2.43. The van der Waals surface area contributed by atoms with Crippen LogP contribution in [0.5, 0.6) is 5.75 Å². The molecular weight excluding hydrogens is 398 g/mol. The van der Waals surface area contributed by atoms with Gasteiger partial charge in [-0.25, -0.2) is 0 Å². The van der Waals surface area contributed by atoms with E-state index in [1.807, 2.05) is 49.4 Å². The zero-order valence-corrected chi connectivity index (χ0v) is 16.6. The topological polar surface area (TPSA) is 75.5 Å². The molecule has 8 heteroatoms. The number of amides is 1. The number of rotatable bonds is 5. The van der Waals surface area contributed by atoms with Crippen molar-refractivity contribution in [3.63, 3.8) is 0 Å². The molecule has 1 amide bonds. The summed E-state index contributed by atoms with van der Waals surface area (Å²) < 4.78 is 11.0. The SMILES string of the molecule is CCOc1ccc(NC(=S)NNC(=O)c2ccc(-c3ccccc3Cl)o2)cc1. The first-order valence-electron chi connectivity index (χ1n) is 8.51. The van der Waals surface area contributed by atoms with Gasteiger partial charge in [-0.2, -0.15) is 0 Å². The van der Waals surface area contributed by atoms with E-state index in [-0.39, 0.29) is 10.9 Å². The minimum Gasteiger partial charge on any atom is -0.494 e. The lowest BCUT2D eigenvalue weighted by molar-refractivity contribution is 0.0917. The van der Waals surface area contributed by atoms with Gasteiger partial charge in [0.1, 0.15) is 11.5 Å². The molecule has 28 heavy (non-hydrogen) atoms. The Balaban J connectivity index is 1.54. The van der Waals surface area contributed by atoms with Crippen molar-refractivity contribution in [2.75, 3.05) is 11.9 Å². The van der Waals surface area contributed by atoms with Crippen molar-refractivity contribution in [3.05, 3.63) is 71.4 Å². The standard InChI is InChI=1S/C20H18ClN3O3S/c1-2-26-14-9-7-13(8-10-14)22-20(28)24-23-19(25)18-12-11-17(27-18)15-5-3-4-6-16(15)21/h3-12H,2H2,1H3,(H,23,25)(H2,22,24,28). The maximum Gasteiger partial charge on any atom is 0.305 e. The predicted molar refractivity (Wildman–Crippen MR) is 114 cm³/mol. The van der Waals surface area contributed by atoms with Crippen molar-refractivity contribution >= 4 is 40.5 Å². The van der Waals surface area contributed by atoms with Crippen LogP contribution in [0, 0.1) is 0 Å². The van der Waals surface area contributed by atoms with E-state index in [2.05, 4.69) is 16.2 Å². The van der Waals surface area contributed by atoms with Gasteiger partial charge in [0.15, 0.2) is 10.9 Å². The van der Waals surface area contributed by atoms with E-state index in [1.165, 1.54) is 0 Å². The Morgan fingerprint density at radius 2 is 1.82 bits per heavy atom. The quantitative estimate of drug-likeness (QED) is 0.416. The fourth-order valence-electron chi connectivity index (χ4n) is 2.40. The summed E-state index contributed by atoms with van der Waals surface area (Å²) in [5, 5.41) is 3.73. The molecule has 2 aromatic carbocycles. The van der Waals surface area contributed by atoms with Gasteiger partial charge in [0.05, 0.1) is 11.6 Å². The van der Waals surface area contributed by atoms with E-state index < -0.39 is 5.91 Å². The van der Waals surface area contributed by atoms with Gasteiger partial charge in [0.25, 0.3) is 0 Å². The minimum absolute atomic E-state index is 0.131. The molecular formula is C20H18ClN3O3S. The molecule has 0 radical (unpaired) electrons. The first-order valence-corrected chi connectivity index (χ1v) is 9.30. The van der Waals surface area contributed by atoms with Gasteiger partial charge in [-0.1, -0.05) is 23.7 Å². The normalized spacial score (nSPS) is 10.2. The number of hydrogen-bond donors (Lipinski definition) is 3. The third-order valence-corrected chi connectivity index (χ3v) is 4.22. The smallest absolute Gasteiger partial charge is 0.305 e. The van der Waals surface area contributed by atoms with Crippen molar-refractivity contribution in [3.8, 4) is 17.1 Å². The predicted octanol–water partition coefficient (Wildman–Crippen LogP) is 4.63. The summed E-state index contributed by atoms with van der Waals surface area (Å²) in [6, 6.07) is 17.8. The largest absolute Gasteiger partial charge is 0.494 e. The molecule has 0 aliphatic heterocycles. The molecule has 0 aliphatic rings. The summed E-state index contributed by atoms with van der Waals surface area (Å²) in [6.07, 6.45) is 0. The van der Waals surface area contributed by atoms with Crippen LogP contribution in [-0.4, -0.2) is 17.6 Å². The van der Waals surface area contributed by atoms with Crippen LogP contribution in [0.2, 0.25) is 5.02 Å². The molecule has 1 aromatic heterocycles. The van der Waals surface area contributed by atoms with E-state index >= 15 is 0 Å². The van der Waals surface area contributed by atoms with Crippen molar-refractivity contribution < 1.29 is 13.9 Å². The summed E-state index contributed by atoms with van der Waals surface area (Å²) >= 11 is 11.3. The van der Waals surface area contributed by atoms with Crippen LogP contribution in [0.15, 0.2) is 65.1 Å². The number of anilines is 1. The van der Waals surface area contributed by atoms with Crippen LogP contribution in [0.25, 0.3) is 11.3 Å². The van der Waals surface area contributed by atoms with Crippen LogP contribution in [-0.2, 0) is 0 Å². The maximum absolute atomic E-state index is 12.2. The zero-order chi connectivity index (χ0) is 19.9. The molecule has 0 saturated carbocycles. The van der Waals surface area contributed by atoms with Gasteiger partial charge in [0, 0.05) is 11.3 Å².